The van der Waals surface area contributed by atoms with Crippen LogP contribution in [0.3, 0.4) is 0 Å². The van der Waals surface area contributed by atoms with Crippen LogP contribution in [0.4, 0.5) is 0 Å². The molecule has 2 heteroatoms. The molecule has 346 valence electrons. The van der Waals surface area contributed by atoms with Crippen molar-refractivity contribution in [3.63, 3.8) is 0 Å². The first-order chi connectivity index (χ1) is 27.7. The van der Waals surface area contributed by atoms with Gasteiger partial charge in [0, 0.05) is 0 Å². The van der Waals surface area contributed by atoms with Gasteiger partial charge in [-0.15, -0.1) is 0 Å². The van der Waals surface area contributed by atoms with Crippen LogP contribution in [-0.2, 0) is 0 Å². The lowest BCUT2D eigenvalue weighted by atomic mass is 10.0. The van der Waals surface area contributed by atoms with E-state index in [0.29, 0.717) is 0 Å². The fourth-order valence-corrected chi connectivity index (χ4v) is 9.46. The Labute approximate surface area is 364 Å². The zero-order valence-corrected chi connectivity index (χ0v) is 41.0. The van der Waals surface area contributed by atoms with Crippen LogP contribution >= 0.6 is 0 Å². The van der Waals surface area contributed by atoms with Crippen LogP contribution in [0.15, 0.2) is 0 Å². The van der Waals surface area contributed by atoms with Gasteiger partial charge in [0.05, 0.1) is 26.7 Å². The van der Waals surface area contributed by atoms with E-state index in [1.807, 2.05) is 0 Å². The van der Waals surface area contributed by atoms with Crippen molar-refractivity contribution in [1.29, 1.82) is 0 Å². The van der Waals surface area contributed by atoms with E-state index in [1.165, 1.54) is 332 Å². The molecule has 0 rings (SSSR count). The predicted molar refractivity (Wildman–Crippen MR) is 261 cm³/mol. The average molecular weight is 807 g/mol. The normalized spacial score (nSPS) is 11.8. The Morgan fingerprint density at radius 1 is 0.175 bits per heavy atom. The number of hydrogen-bond acceptors (Lipinski definition) is 1. The van der Waals surface area contributed by atoms with E-state index in [2.05, 4.69) is 27.8 Å². The third kappa shape index (κ3) is 50.2. The molecule has 0 spiro atoms. The SMILES string of the molecule is CCCCCCCCCCCCCCCCCC[N+](C)(CCCCCCCCCCCCCCCCCC)CCCCCCCCCCCCCCCCCC.[OH-]. The first-order valence-corrected chi connectivity index (χ1v) is 27.5. The van der Waals surface area contributed by atoms with Gasteiger partial charge in [0.2, 0.25) is 0 Å². The van der Waals surface area contributed by atoms with Gasteiger partial charge in [-0.1, -0.05) is 290 Å². The summed E-state index contributed by atoms with van der Waals surface area (Å²) in [4.78, 5) is 0. The second-order valence-electron chi connectivity index (χ2n) is 19.7. The molecule has 0 amide bonds. The Balaban J connectivity index is 0. The van der Waals surface area contributed by atoms with E-state index in [1.54, 1.807) is 0 Å². The molecule has 0 unspecified atom stereocenters. The molecule has 0 fully saturated rings. The van der Waals surface area contributed by atoms with Gasteiger partial charge < -0.3 is 9.96 Å². The van der Waals surface area contributed by atoms with Gasteiger partial charge in [-0.05, 0) is 38.5 Å². The van der Waals surface area contributed by atoms with Crippen molar-refractivity contribution in [2.24, 2.45) is 0 Å². The number of nitrogens with zero attached hydrogens (tertiary/aromatic N) is 1. The van der Waals surface area contributed by atoms with Gasteiger partial charge in [-0.2, -0.15) is 0 Å². The molecule has 0 heterocycles. The highest BCUT2D eigenvalue weighted by Crippen LogP contribution is 2.19. The molecule has 0 saturated heterocycles. The molecule has 2 nitrogen and oxygen atoms in total. The van der Waals surface area contributed by atoms with Gasteiger partial charge in [0.15, 0.2) is 0 Å². The maximum absolute atomic E-state index is 2.64. The zero-order chi connectivity index (χ0) is 40.6. The predicted octanol–water partition coefficient (Wildman–Crippen LogP) is 20.0. The van der Waals surface area contributed by atoms with Crippen LogP contribution in [0.25, 0.3) is 0 Å². The molecule has 0 aliphatic rings. The third-order valence-electron chi connectivity index (χ3n) is 13.7. The lowest BCUT2D eigenvalue weighted by Gasteiger charge is -2.35. The van der Waals surface area contributed by atoms with Crippen LogP contribution < -0.4 is 0 Å². The molecule has 0 atom stereocenters. The molecule has 0 radical (unpaired) electrons. The molecule has 0 bridgehead atoms. The highest BCUT2D eigenvalue weighted by Gasteiger charge is 2.20. The summed E-state index contributed by atoms with van der Waals surface area (Å²) in [6, 6.07) is 0. The first kappa shape index (κ1) is 59.0. The molecule has 0 aliphatic carbocycles. The highest BCUT2D eigenvalue weighted by atomic mass is 16.0. The summed E-state index contributed by atoms with van der Waals surface area (Å²) in [6.07, 6.45) is 70.7. The molecule has 0 aromatic carbocycles. The van der Waals surface area contributed by atoms with E-state index in [0.717, 1.165) is 0 Å². The Bertz CT molecular complexity index is 589. The van der Waals surface area contributed by atoms with E-state index in [4.69, 9.17) is 0 Å². The third-order valence-corrected chi connectivity index (χ3v) is 13.7. The van der Waals surface area contributed by atoms with Crippen molar-refractivity contribution < 1.29 is 9.96 Å². The largest absolute Gasteiger partial charge is 0.870 e. The molecule has 0 saturated carbocycles. The molecular formula is C55H115NO. The summed E-state index contributed by atoms with van der Waals surface area (Å²) in [7, 11) is 2.64. The van der Waals surface area contributed by atoms with Gasteiger partial charge >= 0.3 is 0 Å². The summed E-state index contributed by atoms with van der Waals surface area (Å²) in [5, 5.41) is 0. The molecular weight excluding hydrogens is 691 g/mol. The van der Waals surface area contributed by atoms with Crippen molar-refractivity contribution in [3.8, 4) is 0 Å². The van der Waals surface area contributed by atoms with Gasteiger partial charge in [-0.3, -0.25) is 0 Å². The summed E-state index contributed by atoms with van der Waals surface area (Å²) >= 11 is 0. The standard InChI is InChI=1S/C55H114N.H2O/c1-5-8-11-14-17-20-23-26-29-32-35-38-41-44-47-50-53-56(4,54-51-48-45-42-39-36-33-30-27-24-21-18-15-12-9-6-2)55-52-49-46-43-40-37-34-31-28-25-22-19-16-13-10-7-3;/h5-55H2,1-4H3;1H2/q+1;/p-1. The number of hydrogen-bond donors (Lipinski definition) is 0. The number of unbranched alkanes of at least 4 members (excludes halogenated alkanes) is 45. The van der Waals surface area contributed by atoms with Crippen LogP contribution in [0.5, 0.6) is 0 Å². The minimum absolute atomic E-state index is 0. The lowest BCUT2D eigenvalue weighted by Crippen LogP contribution is -2.46. The Kier molecular flexibility index (Phi) is 53.9. The van der Waals surface area contributed by atoms with Crippen LogP contribution in [0.2, 0.25) is 0 Å². The fourth-order valence-electron chi connectivity index (χ4n) is 9.46. The second-order valence-corrected chi connectivity index (χ2v) is 19.7. The van der Waals surface area contributed by atoms with Gasteiger partial charge in [-0.25, -0.2) is 0 Å². The van der Waals surface area contributed by atoms with E-state index < -0.39 is 0 Å². The Hall–Kier alpha value is -0.0800. The van der Waals surface area contributed by atoms with Gasteiger partial charge in [0.25, 0.3) is 0 Å². The maximum Gasteiger partial charge on any atom is 0.0784 e. The molecule has 0 aromatic rings. The highest BCUT2D eigenvalue weighted by molar-refractivity contribution is 4.55. The van der Waals surface area contributed by atoms with E-state index in [-0.39, 0.29) is 5.48 Å². The zero-order valence-electron chi connectivity index (χ0n) is 41.0. The first-order valence-electron chi connectivity index (χ1n) is 27.5. The van der Waals surface area contributed by atoms with E-state index in [9.17, 15) is 0 Å². The van der Waals surface area contributed by atoms with Crippen LogP contribution in [-0.4, -0.2) is 36.6 Å². The summed E-state index contributed by atoms with van der Waals surface area (Å²) in [6.45, 7) is 11.3. The smallest absolute Gasteiger partial charge is 0.0784 e. The fraction of sp³-hybridized carbons (Fsp3) is 1.00. The topological polar surface area (TPSA) is 30.0 Å². The monoisotopic (exact) mass is 806 g/mol. The lowest BCUT2D eigenvalue weighted by molar-refractivity contribution is -0.910. The van der Waals surface area contributed by atoms with Crippen molar-refractivity contribution >= 4 is 0 Å². The van der Waals surface area contributed by atoms with Crippen molar-refractivity contribution in [1.82, 2.24) is 0 Å². The summed E-state index contributed by atoms with van der Waals surface area (Å²) < 4.78 is 1.37. The number of rotatable bonds is 51. The second kappa shape index (κ2) is 52.1. The number of quaternary nitrogens is 1. The summed E-state index contributed by atoms with van der Waals surface area (Å²) in [5.41, 5.74) is 0. The van der Waals surface area contributed by atoms with E-state index >= 15 is 0 Å². The Morgan fingerprint density at radius 2 is 0.281 bits per heavy atom. The average Bonchev–Trinajstić information content (AvgIpc) is 3.20. The van der Waals surface area contributed by atoms with Crippen molar-refractivity contribution in [2.75, 3.05) is 26.7 Å². The molecule has 0 aromatic heterocycles. The van der Waals surface area contributed by atoms with Crippen LogP contribution in [0, 0.1) is 0 Å². The molecule has 57 heavy (non-hydrogen) atoms. The van der Waals surface area contributed by atoms with Crippen molar-refractivity contribution in [3.05, 3.63) is 0 Å². The quantitative estimate of drug-likeness (QED) is 0.0445. The minimum atomic E-state index is 0. The van der Waals surface area contributed by atoms with Gasteiger partial charge in [0.1, 0.15) is 0 Å². The molecule has 1 N–H and O–H groups in total. The summed E-state index contributed by atoms with van der Waals surface area (Å²) in [5.74, 6) is 0. The minimum Gasteiger partial charge on any atom is -0.870 e. The maximum atomic E-state index is 2.64. The van der Waals surface area contributed by atoms with Crippen molar-refractivity contribution in [2.45, 2.75) is 329 Å². The Morgan fingerprint density at radius 3 is 0.404 bits per heavy atom. The molecule has 0 aliphatic heterocycles. The van der Waals surface area contributed by atoms with Crippen LogP contribution in [0.1, 0.15) is 329 Å².